The molecule has 0 unspecified atom stereocenters. The van der Waals surface area contributed by atoms with Crippen LogP contribution in [0.15, 0.2) is 54.6 Å². The van der Waals surface area contributed by atoms with Crippen LogP contribution in [0.3, 0.4) is 0 Å². The molecular formula is C39H42ClF3N6O5. The second kappa shape index (κ2) is 16.6. The second-order valence-electron chi connectivity index (χ2n) is 13.2. The molecule has 6 rings (SSSR count). The number of nitrogens with one attached hydrogen (secondary N) is 4. The van der Waals surface area contributed by atoms with E-state index in [1.807, 2.05) is 48.5 Å². The molecule has 2 aliphatic rings. The van der Waals surface area contributed by atoms with Crippen LogP contribution < -0.4 is 35.5 Å². The van der Waals surface area contributed by atoms with Crippen LogP contribution in [0.25, 0.3) is 22.4 Å². The van der Waals surface area contributed by atoms with Gasteiger partial charge in [0.15, 0.2) is 0 Å². The van der Waals surface area contributed by atoms with Crippen molar-refractivity contribution in [1.29, 1.82) is 0 Å². The minimum atomic E-state index is -4.77. The Morgan fingerprint density at radius 2 is 1.67 bits per heavy atom. The van der Waals surface area contributed by atoms with Gasteiger partial charge in [0.25, 0.3) is 0 Å². The molecule has 11 nitrogen and oxygen atoms in total. The zero-order valence-electron chi connectivity index (χ0n) is 30.3. The number of benzene rings is 2. The van der Waals surface area contributed by atoms with E-state index in [1.165, 1.54) is 14.2 Å². The molecule has 4 N–H and O–H groups in total. The highest BCUT2D eigenvalue weighted by Crippen LogP contribution is 2.46. The minimum Gasteiger partial charge on any atom is -0.481 e. The number of carbonyl (C=O) groups is 2. The second-order valence-corrected chi connectivity index (χ2v) is 13.6. The molecule has 15 heteroatoms. The highest BCUT2D eigenvalue weighted by atomic mass is 35.5. The normalized spacial score (nSPS) is 17.1. The number of pyridine rings is 2. The maximum Gasteiger partial charge on any atom is 0.421 e. The Kier molecular flexibility index (Phi) is 11.9. The van der Waals surface area contributed by atoms with E-state index in [9.17, 15) is 22.8 Å². The summed E-state index contributed by atoms with van der Waals surface area (Å²) in [5, 5.41) is 12.2. The summed E-state index contributed by atoms with van der Waals surface area (Å²) in [7, 11) is 4.35. The standard InChI is InChI=1S/C39H42ClF3N6O5/c1-21(35(51)44-2)46-19-23-17-30(39(41,42)43)38(49-37(23)53-4)54-32-15-13-26-25(7-5-8-27(26)32)28-9-6-10-29(34(28)40)31-14-11-22(36(48-31)52-3)18-45-20-24-12-16-33(50)47-24/h5-11,14,17,21,24,32,45-46H,12-13,15-16,18-20H2,1-4H3,(H,44,51)(H,47,50)/t21-,24-,32-/m0/s1. The number of alkyl halides is 3. The van der Waals surface area contributed by atoms with Gasteiger partial charge in [-0.1, -0.05) is 54.1 Å². The molecule has 0 bridgehead atoms. The first kappa shape index (κ1) is 38.8. The van der Waals surface area contributed by atoms with Crippen LogP contribution in [0.1, 0.15) is 60.1 Å². The average molecular weight is 767 g/mol. The molecule has 3 atom stereocenters. The number of hydrogen-bond donors (Lipinski definition) is 4. The molecule has 2 aromatic heterocycles. The van der Waals surface area contributed by atoms with Gasteiger partial charge >= 0.3 is 6.18 Å². The van der Waals surface area contributed by atoms with E-state index in [-0.39, 0.29) is 35.8 Å². The summed E-state index contributed by atoms with van der Waals surface area (Å²) in [6.07, 6.45) is -3.19. The lowest BCUT2D eigenvalue weighted by Crippen LogP contribution is -2.40. The predicted molar refractivity (Wildman–Crippen MR) is 197 cm³/mol. The van der Waals surface area contributed by atoms with Gasteiger partial charge in [0.2, 0.25) is 29.5 Å². The van der Waals surface area contributed by atoms with Crippen molar-refractivity contribution in [2.24, 2.45) is 0 Å². The van der Waals surface area contributed by atoms with Crippen LogP contribution >= 0.6 is 11.6 Å². The van der Waals surface area contributed by atoms with Crippen molar-refractivity contribution in [2.45, 2.75) is 70.1 Å². The smallest absolute Gasteiger partial charge is 0.421 e. The van der Waals surface area contributed by atoms with Crippen LogP contribution in [0.5, 0.6) is 17.6 Å². The number of fused-ring (bicyclic) bond motifs is 1. The van der Waals surface area contributed by atoms with Gasteiger partial charge in [-0.3, -0.25) is 9.59 Å². The number of aromatic nitrogens is 2. The summed E-state index contributed by atoms with van der Waals surface area (Å²) in [4.78, 5) is 32.4. The van der Waals surface area contributed by atoms with Gasteiger partial charge in [-0.2, -0.15) is 18.2 Å². The van der Waals surface area contributed by atoms with Crippen LogP contribution in [0.4, 0.5) is 13.2 Å². The molecule has 3 heterocycles. The molecule has 54 heavy (non-hydrogen) atoms. The van der Waals surface area contributed by atoms with Gasteiger partial charge in [-0.25, -0.2) is 4.98 Å². The van der Waals surface area contributed by atoms with E-state index < -0.39 is 29.8 Å². The Bertz CT molecular complexity index is 2030. The first-order chi connectivity index (χ1) is 25.9. The predicted octanol–water partition coefficient (Wildman–Crippen LogP) is 6.16. The Hall–Kier alpha value is -4.92. The lowest BCUT2D eigenvalue weighted by molar-refractivity contribution is -0.139. The fourth-order valence-electron chi connectivity index (χ4n) is 6.90. The molecule has 4 aromatic rings. The summed E-state index contributed by atoms with van der Waals surface area (Å²) in [5.74, 6) is -0.427. The number of rotatable bonds is 14. The summed E-state index contributed by atoms with van der Waals surface area (Å²) < 4.78 is 60.4. The van der Waals surface area contributed by atoms with Gasteiger partial charge in [0.05, 0.1) is 31.0 Å². The largest absolute Gasteiger partial charge is 0.481 e. The van der Waals surface area contributed by atoms with Gasteiger partial charge in [-0.05, 0) is 55.0 Å². The maximum absolute atomic E-state index is 14.4. The van der Waals surface area contributed by atoms with Crippen molar-refractivity contribution in [3.8, 4) is 40.0 Å². The van der Waals surface area contributed by atoms with E-state index in [1.54, 1.807) is 14.0 Å². The highest BCUT2D eigenvalue weighted by molar-refractivity contribution is 6.36. The third-order valence-corrected chi connectivity index (χ3v) is 10.1. The first-order valence-electron chi connectivity index (χ1n) is 17.6. The van der Waals surface area contributed by atoms with Crippen LogP contribution in [-0.2, 0) is 35.3 Å². The van der Waals surface area contributed by atoms with E-state index in [2.05, 4.69) is 26.3 Å². The van der Waals surface area contributed by atoms with Gasteiger partial charge in [0, 0.05) is 61.4 Å². The Labute approximate surface area is 316 Å². The number of ether oxygens (including phenoxy) is 3. The molecule has 0 spiro atoms. The molecule has 0 saturated carbocycles. The van der Waals surface area contributed by atoms with E-state index >= 15 is 0 Å². The van der Waals surface area contributed by atoms with Crippen molar-refractivity contribution in [2.75, 3.05) is 27.8 Å². The number of likely N-dealkylation sites (N-methyl/N-ethyl adjacent to an activating group) is 1. The third kappa shape index (κ3) is 8.40. The Morgan fingerprint density at radius 1 is 0.944 bits per heavy atom. The highest BCUT2D eigenvalue weighted by Gasteiger charge is 2.39. The summed E-state index contributed by atoms with van der Waals surface area (Å²) in [6, 6.07) is 15.5. The first-order valence-corrected chi connectivity index (χ1v) is 18.0. The Balaban J connectivity index is 1.24. The zero-order valence-corrected chi connectivity index (χ0v) is 31.1. The summed E-state index contributed by atoms with van der Waals surface area (Å²) in [6.45, 7) is 2.65. The summed E-state index contributed by atoms with van der Waals surface area (Å²) >= 11 is 7.10. The number of carbonyl (C=O) groups excluding carboxylic acids is 2. The average Bonchev–Trinajstić information content (AvgIpc) is 3.78. The molecule has 2 aromatic carbocycles. The SMILES string of the molecule is CNC(=O)[C@H](C)NCc1cc(C(F)(F)F)c(O[C@H]2CCc3c(-c4cccc(-c5ccc(CNC[C@@H]6CCC(=O)N6)c(OC)n5)c4Cl)cccc32)nc1OC. The number of methoxy groups -OCH3 is 2. The topological polar surface area (TPSA) is 136 Å². The third-order valence-electron chi connectivity index (χ3n) is 9.72. The molecule has 286 valence electrons. The number of hydrogen-bond acceptors (Lipinski definition) is 9. The molecule has 1 fully saturated rings. The van der Waals surface area contributed by atoms with Crippen LogP contribution in [-0.4, -0.2) is 61.7 Å². The molecular weight excluding hydrogens is 725 g/mol. The van der Waals surface area contributed by atoms with Crippen molar-refractivity contribution >= 4 is 23.4 Å². The van der Waals surface area contributed by atoms with Crippen LogP contribution in [0.2, 0.25) is 5.02 Å². The molecule has 1 saturated heterocycles. The molecule has 1 aliphatic carbocycles. The van der Waals surface area contributed by atoms with Gasteiger partial charge in [0.1, 0.15) is 11.7 Å². The lowest BCUT2D eigenvalue weighted by atomic mass is 9.94. The molecule has 2 amide bonds. The van der Waals surface area contributed by atoms with Crippen LogP contribution in [0, 0.1) is 0 Å². The van der Waals surface area contributed by atoms with Crippen molar-refractivity contribution < 1.29 is 37.0 Å². The molecule has 1 aliphatic heterocycles. The zero-order chi connectivity index (χ0) is 38.6. The fraction of sp³-hybridized carbons (Fsp3) is 0.385. The maximum atomic E-state index is 14.4. The Morgan fingerprint density at radius 3 is 2.37 bits per heavy atom. The summed E-state index contributed by atoms with van der Waals surface area (Å²) in [5.41, 5.74) is 4.48. The number of halogens is 4. The number of nitrogens with zero attached hydrogens (tertiary/aromatic N) is 2. The van der Waals surface area contributed by atoms with Crippen molar-refractivity contribution in [3.63, 3.8) is 0 Å². The quantitative estimate of drug-likeness (QED) is 0.119. The monoisotopic (exact) mass is 766 g/mol. The van der Waals surface area contributed by atoms with Crippen molar-refractivity contribution in [3.05, 3.63) is 87.4 Å². The van der Waals surface area contributed by atoms with E-state index in [4.69, 9.17) is 30.8 Å². The molecule has 0 radical (unpaired) electrons. The lowest BCUT2D eigenvalue weighted by Gasteiger charge is -2.21. The van der Waals surface area contributed by atoms with Gasteiger partial charge in [-0.15, -0.1) is 0 Å². The van der Waals surface area contributed by atoms with Gasteiger partial charge < -0.3 is 35.5 Å². The van der Waals surface area contributed by atoms with E-state index in [0.717, 1.165) is 40.3 Å². The minimum absolute atomic E-state index is 0.0428. The van der Waals surface area contributed by atoms with Crippen molar-refractivity contribution in [1.82, 2.24) is 31.2 Å². The fourth-order valence-corrected chi connectivity index (χ4v) is 7.22. The van der Waals surface area contributed by atoms with E-state index in [0.29, 0.717) is 54.5 Å². The number of amides is 2.